The van der Waals surface area contributed by atoms with Gasteiger partial charge in [-0.15, -0.1) is 0 Å². The van der Waals surface area contributed by atoms with Crippen LogP contribution in [-0.2, 0) is 0 Å². The van der Waals surface area contributed by atoms with Gasteiger partial charge in [0.1, 0.15) is 0 Å². The molecule has 1 N–H and O–H groups in total. The quantitative estimate of drug-likeness (QED) is 0.477. The SMILES string of the molecule is Cc1cccc(-c2cc(C(=O)Nc3ccc(C)c(C)c3)c3ccccc3n2)c1. The van der Waals surface area contributed by atoms with E-state index in [1.807, 2.05) is 67.6 Å². The molecular formula is C25H22N2O. The lowest BCUT2D eigenvalue weighted by Gasteiger charge is -2.12. The minimum absolute atomic E-state index is 0.129. The summed E-state index contributed by atoms with van der Waals surface area (Å²) >= 11 is 0. The summed E-state index contributed by atoms with van der Waals surface area (Å²) in [7, 11) is 0. The van der Waals surface area contributed by atoms with Gasteiger partial charge in [-0.1, -0.05) is 48.0 Å². The Morgan fingerprint density at radius 3 is 2.43 bits per heavy atom. The first-order valence-electron chi connectivity index (χ1n) is 9.37. The number of hydrogen-bond donors (Lipinski definition) is 1. The van der Waals surface area contributed by atoms with Gasteiger partial charge in [-0.3, -0.25) is 4.79 Å². The molecule has 138 valence electrons. The molecule has 3 nitrogen and oxygen atoms in total. The van der Waals surface area contributed by atoms with E-state index >= 15 is 0 Å². The number of anilines is 1. The summed E-state index contributed by atoms with van der Waals surface area (Å²) in [5.74, 6) is -0.129. The molecule has 3 aromatic carbocycles. The van der Waals surface area contributed by atoms with Crippen LogP contribution in [0.5, 0.6) is 0 Å². The molecule has 1 heterocycles. The molecule has 0 atom stereocenters. The number of nitrogens with one attached hydrogen (secondary N) is 1. The average molecular weight is 366 g/mol. The number of aromatic nitrogens is 1. The van der Waals surface area contributed by atoms with Gasteiger partial charge in [0.05, 0.1) is 16.8 Å². The van der Waals surface area contributed by atoms with Crippen molar-refractivity contribution in [1.29, 1.82) is 0 Å². The standard InChI is InChI=1S/C25H22N2O/c1-16-7-6-8-19(13-16)24-15-22(21-9-4-5-10-23(21)27-24)25(28)26-20-12-11-17(2)18(3)14-20/h4-15H,1-3H3,(H,26,28). The molecule has 0 radical (unpaired) electrons. The van der Waals surface area contributed by atoms with Gasteiger partial charge in [-0.25, -0.2) is 4.98 Å². The summed E-state index contributed by atoms with van der Waals surface area (Å²) in [6.45, 7) is 6.16. The summed E-state index contributed by atoms with van der Waals surface area (Å²) in [4.78, 5) is 17.9. The van der Waals surface area contributed by atoms with Crippen LogP contribution >= 0.6 is 0 Å². The van der Waals surface area contributed by atoms with Gasteiger partial charge >= 0.3 is 0 Å². The zero-order valence-electron chi connectivity index (χ0n) is 16.3. The number of carbonyl (C=O) groups excluding carboxylic acids is 1. The summed E-state index contributed by atoms with van der Waals surface area (Å²) in [6, 6.07) is 23.8. The van der Waals surface area contributed by atoms with Gasteiger partial charge < -0.3 is 5.32 Å². The van der Waals surface area contributed by atoms with Crippen LogP contribution in [0, 0.1) is 20.8 Å². The summed E-state index contributed by atoms with van der Waals surface area (Å²) in [5, 5.41) is 3.89. The fourth-order valence-corrected chi connectivity index (χ4v) is 3.33. The molecule has 0 aliphatic carbocycles. The molecule has 0 saturated carbocycles. The number of hydrogen-bond acceptors (Lipinski definition) is 2. The smallest absolute Gasteiger partial charge is 0.256 e. The summed E-state index contributed by atoms with van der Waals surface area (Å²) in [6.07, 6.45) is 0. The summed E-state index contributed by atoms with van der Waals surface area (Å²) in [5.41, 5.74) is 7.55. The van der Waals surface area contributed by atoms with E-state index in [0.717, 1.165) is 39.0 Å². The largest absolute Gasteiger partial charge is 0.322 e. The molecule has 4 rings (SSSR count). The van der Waals surface area contributed by atoms with E-state index in [-0.39, 0.29) is 5.91 Å². The third-order valence-corrected chi connectivity index (χ3v) is 5.04. The van der Waals surface area contributed by atoms with Gasteiger partial charge in [-0.05, 0) is 62.2 Å². The van der Waals surface area contributed by atoms with Gasteiger partial charge in [0.2, 0.25) is 0 Å². The zero-order valence-corrected chi connectivity index (χ0v) is 16.3. The molecule has 0 fully saturated rings. The second kappa shape index (κ2) is 7.28. The third-order valence-electron chi connectivity index (χ3n) is 5.04. The monoisotopic (exact) mass is 366 g/mol. The highest BCUT2D eigenvalue weighted by molar-refractivity contribution is 6.13. The van der Waals surface area contributed by atoms with Crippen LogP contribution in [0.3, 0.4) is 0 Å². The first-order chi connectivity index (χ1) is 13.5. The maximum Gasteiger partial charge on any atom is 0.256 e. The first kappa shape index (κ1) is 17.9. The van der Waals surface area contributed by atoms with Crippen molar-refractivity contribution in [2.45, 2.75) is 20.8 Å². The molecule has 3 heteroatoms. The Kier molecular flexibility index (Phi) is 4.66. The molecule has 4 aromatic rings. The molecule has 0 aliphatic rings. The molecule has 28 heavy (non-hydrogen) atoms. The van der Waals surface area contributed by atoms with Crippen LogP contribution in [0.25, 0.3) is 22.2 Å². The van der Waals surface area contributed by atoms with Crippen LogP contribution in [-0.4, -0.2) is 10.9 Å². The topological polar surface area (TPSA) is 42.0 Å². The van der Waals surface area contributed by atoms with Crippen LogP contribution in [0.2, 0.25) is 0 Å². The molecule has 0 saturated heterocycles. The van der Waals surface area contributed by atoms with Crippen molar-refractivity contribution in [3.8, 4) is 11.3 Å². The number of benzene rings is 3. The molecule has 0 spiro atoms. The molecular weight excluding hydrogens is 344 g/mol. The normalized spacial score (nSPS) is 10.8. The van der Waals surface area contributed by atoms with Crippen LogP contribution in [0.1, 0.15) is 27.0 Å². The predicted octanol–water partition coefficient (Wildman–Crippen LogP) is 6.08. The molecule has 0 unspecified atom stereocenters. The van der Waals surface area contributed by atoms with Crippen LogP contribution in [0.15, 0.2) is 72.8 Å². The minimum atomic E-state index is -0.129. The van der Waals surface area contributed by atoms with Gasteiger partial charge in [0.25, 0.3) is 5.91 Å². The maximum atomic E-state index is 13.1. The highest BCUT2D eigenvalue weighted by Gasteiger charge is 2.14. The highest BCUT2D eigenvalue weighted by atomic mass is 16.1. The second-order valence-electron chi connectivity index (χ2n) is 7.19. The Morgan fingerprint density at radius 1 is 0.821 bits per heavy atom. The number of pyridine rings is 1. The fraction of sp³-hybridized carbons (Fsp3) is 0.120. The fourth-order valence-electron chi connectivity index (χ4n) is 3.33. The number of rotatable bonds is 3. The Bertz CT molecular complexity index is 1190. The maximum absolute atomic E-state index is 13.1. The van der Waals surface area contributed by atoms with Crippen molar-refractivity contribution in [3.05, 3.63) is 95.1 Å². The number of fused-ring (bicyclic) bond motifs is 1. The lowest BCUT2D eigenvalue weighted by Crippen LogP contribution is -2.13. The van der Waals surface area contributed by atoms with Gasteiger partial charge in [-0.2, -0.15) is 0 Å². The van der Waals surface area contributed by atoms with E-state index in [1.165, 1.54) is 5.56 Å². The molecule has 0 aliphatic heterocycles. The van der Waals surface area contributed by atoms with E-state index in [1.54, 1.807) is 0 Å². The minimum Gasteiger partial charge on any atom is -0.322 e. The van der Waals surface area contributed by atoms with E-state index in [4.69, 9.17) is 4.98 Å². The first-order valence-corrected chi connectivity index (χ1v) is 9.37. The average Bonchev–Trinajstić information content (AvgIpc) is 2.70. The molecule has 1 amide bonds. The Labute approximate surface area is 165 Å². The van der Waals surface area contributed by atoms with E-state index in [0.29, 0.717) is 5.56 Å². The highest BCUT2D eigenvalue weighted by Crippen LogP contribution is 2.26. The number of nitrogens with zero attached hydrogens (tertiary/aromatic N) is 1. The summed E-state index contributed by atoms with van der Waals surface area (Å²) < 4.78 is 0. The molecule has 1 aromatic heterocycles. The van der Waals surface area contributed by atoms with Crippen LogP contribution < -0.4 is 5.32 Å². The number of carbonyl (C=O) groups is 1. The Morgan fingerprint density at radius 2 is 1.64 bits per heavy atom. The van der Waals surface area contributed by atoms with E-state index < -0.39 is 0 Å². The van der Waals surface area contributed by atoms with Crippen molar-refractivity contribution >= 4 is 22.5 Å². The van der Waals surface area contributed by atoms with E-state index in [2.05, 4.69) is 31.3 Å². The lowest BCUT2D eigenvalue weighted by molar-refractivity contribution is 0.102. The predicted molar refractivity (Wildman–Crippen MR) is 116 cm³/mol. The van der Waals surface area contributed by atoms with Crippen molar-refractivity contribution in [2.24, 2.45) is 0 Å². The van der Waals surface area contributed by atoms with Gasteiger partial charge in [0.15, 0.2) is 0 Å². The van der Waals surface area contributed by atoms with Crippen molar-refractivity contribution in [1.82, 2.24) is 4.98 Å². The lowest BCUT2D eigenvalue weighted by atomic mass is 10.0. The van der Waals surface area contributed by atoms with Crippen LogP contribution in [0.4, 0.5) is 5.69 Å². The second-order valence-corrected chi connectivity index (χ2v) is 7.19. The van der Waals surface area contributed by atoms with E-state index in [9.17, 15) is 4.79 Å². The molecule has 0 bridgehead atoms. The van der Waals surface area contributed by atoms with Gasteiger partial charge in [0, 0.05) is 16.6 Å². The van der Waals surface area contributed by atoms with Crippen molar-refractivity contribution in [3.63, 3.8) is 0 Å². The van der Waals surface area contributed by atoms with Crippen molar-refractivity contribution < 1.29 is 4.79 Å². The Hall–Kier alpha value is -3.46. The number of aryl methyl sites for hydroxylation is 3. The Balaban J connectivity index is 1.80. The zero-order chi connectivity index (χ0) is 19.7. The van der Waals surface area contributed by atoms with Crippen molar-refractivity contribution in [2.75, 3.05) is 5.32 Å². The number of amides is 1. The third kappa shape index (κ3) is 3.52. The number of para-hydroxylation sites is 1.